The van der Waals surface area contributed by atoms with Gasteiger partial charge in [-0.1, -0.05) is 0 Å². The molecule has 0 spiro atoms. The third-order valence-corrected chi connectivity index (χ3v) is 3.18. The van der Waals surface area contributed by atoms with Crippen LogP contribution < -0.4 is 0 Å². The third-order valence-electron chi connectivity index (χ3n) is 3.18. The number of rotatable bonds is 2. The summed E-state index contributed by atoms with van der Waals surface area (Å²) >= 11 is 0. The Labute approximate surface area is 83.9 Å². The van der Waals surface area contributed by atoms with Gasteiger partial charge in [0.1, 0.15) is 5.78 Å². The van der Waals surface area contributed by atoms with Gasteiger partial charge in [0, 0.05) is 32.1 Å². The minimum absolute atomic E-state index is 0.167. The number of carbonyl (C=O) groups is 2. The Kier molecular flexibility index (Phi) is 2.31. The van der Waals surface area contributed by atoms with E-state index in [1.54, 1.807) is 13.8 Å². The van der Waals surface area contributed by atoms with Crippen molar-refractivity contribution in [2.45, 2.75) is 32.4 Å². The highest BCUT2D eigenvalue weighted by Crippen LogP contribution is 2.30. The maximum atomic E-state index is 11.2. The van der Waals surface area contributed by atoms with Crippen LogP contribution in [-0.4, -0.2) is 53.2 Å². The van der Waals surface area contributed by atoms with E-state index < -0.39 is 0 Å². The highest BCUT2D eigenvalue weighted by atomic mass is 16.2. The molecule has 0 unspecified atom stereocenters. The molecule has 1 amide bonds. The van der Waals surface area contributed by atoms with Crippen LogP contribution in [0.5, 0.6) is 0 Å². The molecule has 4 heteroatoms. The van der Waals surface area contributed by atoms with Crippen molar-refractivity contribution in [1.29, 1.82) is 0 Å². The van der Waals surface area contributed by atoms with Crippen molar-refractivity contribution >= 4 is 11.7 Å². The van der Waals surface area contributed by atoms with Gasteiger partial charge in [-0.2, -0.15) is 0 Å². The average molecular weight is 196 g/mol. The molecule has 2 aliphatic rings. The monoisotopic (exact) mass is 196 g/mol. The van der Waals surface area contributed by atoms with Crippen molar-refractivity contribution in [2.75, 3.05) is 19.6 Å². The standard InChI is InChI=1S/C10H16N2O2/c1-7(13)4-11-5-10-3-9(11)6-12(10)8(2)14/h9-10H,3-6H2,1-2H3/t9-,10-/m1/s1. The number of Topliss-reactive ketones (excluding diaryl/α,β-unsaturated/α-hetero) is 1. The number of carbonyl (C=O) groups excluding carboxylic acids is 2. The summed E-state index contributed by atoms with van der Waals surface area (Å²) in [6.07, 6.45) is 1.05. The average Bonchev–Trinajstić information content (AvgIpc) is 2.60. The lowest BCUT2D eigenvalue weighted by atomic mass is 10.2. The van der Waals surface area contributed by atoms with Gasteiger partial charge in [-0.25, -0.2) is 0 Å². The van der Waals surface area contributed by atoms with Crippen molar-refractivity contribution in [3.8, 4) is 0 Å². The lowest BCUT2D eigenvalue weighted by Gasteiger charge is -2.32. The minimum atomic E-state index is 0.167. The summed E-state index contributed by atoms with van der Waals surface area (Å²) in [5.41, 5.74) is 0. The number of likely N-dealkylation sites (tertiary alicyclic amines) is 2. The van der Waals surface area contributed by atoms with Crippen LogP contribution in [0.1, 0.15) is 20.3 Å². The van der Waals surface area contributed by atoms with Gasteiger partial charge in [-0.3, -0.25) is 14.5 Å². The zero-order valence-corrected chi connectivity index (χ0v) is 8.69. The van der Waals surface area contributed by atoms with Gasteiger partial charge in [-0.05, 0) is 13.3 Å². The molecular weight excluding hydrogens is 180 g/mol. The summed E-state index contributed by atoms with van der Waals surface area (Å²) in [5.74, 6) is 0.381. The van der Waals surface area contributed by atoms with E-state index in [1.807, 2.05) is 4.90 Å². The number of hydrogen-bond donors (Lipinski definition) is 0. The molecule has 4 nitrogen and oxygen atoms in total. The number of piperazine rings is 1. The van der Waals surface area contributed by atoms with Crippen LogP contribution in [0.15, 0.2) is 0 Å². The molecule has 2 fully saturated rings. The fourth-order valence-electron chi connectivity index (χ4n) is 2.61. The Hall–Kier alpha value is -0.900. The van der Waals surface area contributed by atoms with E-state index >= 15 is 0 Å². The van der Waals surface area contributed by atoms with Gasteiger partial charge in [0.25, 0.3) is 0 Å². The molecule has 0 aromatic heterocycles. The molecule has 0 N–H and O–H groups in total. The number of amides is 1. The molecule has 2 atom stereocenters. The van der Waals surface area contributed by atoms with Crippen LogP contribution in [0.4, 0.5) is 0 Å². The first kappa shape index (κ1) is 9.65. The molecule has 0 aliphatic carbocycles. The van der Waals surface area contributed by atoms with Gasteiger partial charge in [0.05, 0.1) is 6.54 Å². The highest BCUT2D eigenvalue weighted by molar-refractivity contribution is 5.78. The quantitative estimate of drug-likeness (QED) is 0.618. The van der Waals surface area contributed by atoms with Gasteiger partial charge in [0.15, 0.2) is 0 Å². The van der Waals surface area contributed by atoms with E-state index in [4.69, 9.17) is 0 Å². The first-order valence-electron chi connectivity index (χ1n) is 5.08. The van der Waals surface area contributed by atoms with E-state index in [-0.39, 0.29) is 11.7 Å². The lowest BCUT2D eigenvalue weighted by molar-refractivity contribution is -0.131. The van der Waals surface area contributed by atoms with Crippen LogP contribution in [0.2, 0.25) is 0 Å². The van der Waals surface area contributed by atoms with Gasteiger partial charge >= 0.3 is 0 Å². The van der Waals surface area contributed by atoms with Crippen LogP contribution >= 0.6 is 0 Å². The van der Waals surface area contributed by atoms with Crippen LogP contribution in [0.25, 0.3) is 0 Å². The summed E-state index contributed by atoms with van der Waals surface area (Å²) in [6, 6.07) is 0.782. The Morgan fingerprint density at radius 2 is 1.93 bits per heavy atom. The Morgan fingerprint density at radius 1 is 1.21 bits per heavy atom. The molecule has 0 saturated carbocycles. The molecule has 2 rings (SSSR count). The fourth-order valence-corrected chi connectivity index (χ4v) is 2.61. The highest BCUT2D eigenvalue weighted by Gasteiger charge is 2.44. The second-order valence-corrected chi connectivity index (χ2v) is 4.35. The number of ketones is 1. The Bertz CT molecular complexity index is 277. The SMILES string of the molecule is CC(=O)CN1C[C@H]2C[C@@H]1CN2C(C)=O. The largest absolute Gasteiger partial charge is 0.337 e. The molecule has 0 aromatic rings. The summed E-state index contributed by atoms with van der Waals surface area (Å²) in [4.78, 5) is 26.3. The third kappa shape index (κ3) is 1.54. The number of fused-ring (bicyclic) bond motifs is 2. The van der Waals surface area contributed by atoms with Crippen LogP contribution in [0, 0.1) is 0 Å². The maximum Gasteiger partial charge on any atom is 0.219 e. The number of nitrogens with zero attached hydrogens (tertiary/aromatic N) is 2. The van der Waals surface area contributed by atoms with Crippen molar-refractivity contribution < 1.29 is 9.59 Å². The topological polar surface area (TPSA) is 40.6 Å². The van der Waals surface area contributed by atoms with E-state index in [0.717, 1.165) is 19.5 Å². The minimum Gasteiger partial charge on any atom is -0.337 e. The molecule has 2 heterocycles. The summed E-state index contributed by atoms with van der Waals surface area (Å²) in [6.45, 7) is 5.48. The van der Waals surface area contributed by atoms with Gasteiger partial charge in [0.2, 0.25) is 5.91 Å². The van der Waals surface area contributed by atoms with E-state index in [1.165, 1.54) is 0 Å². The zero-order chi connectivity index (χ0) is 10.3. The Morgan fingerprint density at radius 3 is 2.36 bits per heavy atom. The van der Waals surface area contributed by atoms with Crippen molar-refractivity contribution in [3.05, 3.63) is 0 Å². The molecule has 14 heavy (non-hydrogen) atoms. The number of hydrogen-bond acceptors (Lipinski definition) is 3. The molecule has 0 radical (unpaired) electrons. The van der Waals surface area contributed by atoms with Crippen LogP contribution in [-0.2, 0) is 9.59 Å². The molecule has 2 bridgehead atoms. The Balaban J connectivity index is 1.96. The molecule has 2 saturated heterocycles. The van der Waals surface area contributed by atoms with E-state index in [0.29, 0.717) is 18.6 Å². The normalized spacial score (nSPS) is 31.1. The van der Waals surface area contributed by atoms with Crippen LogP contribution in [0.3, 0.4) is 0 Å². The predicted molar refractivity (Wildman–Crippen MR) is 51.8 cm³/mol. The van der Waals surface area contributed by atoms with E-state index in [2.05, 4.69) is 4.90 Å². The summed E-state index contributed by atoms with van der Waals surface area (Å²) < 4.78 is 0. The molecule has 0 aromatic carbocycles. The summed E-state index contributed by atoms with van der Waals surface area (Å²) in [7, 11) is 0. The molecule has 78 valence electrons. The smallest absolute Gasteiger partial charge is 0.219 e. The zero-order valence-electron chi connectivity index (χ0n) is 8.69. The van der Waals surface area contributed by atoms with Gasteiger partial charge in [-0.15, -0.1) is 0 Å². The van der Waals surface area contributed by atoms with Crippen molar-refractivity contribution in [3.63, 3.8) is 0 Å². The lowest BCUT2D eigenvalue weighted by Crippen LogP contribution is -2.49. The summed E-state index contributed by atoms with van der Waals surface area (Å²) in [5, 5.41) is 0. The first-order chi connectivity index (χ1) is 6.58. The maximum absolute atomic E-state index is 11.2. The fraction of sp³-hybridized carbons (Fsp3) is 0.800. The van der Waals surface area contributed by atoms with Gasteiger partial charge < -0.3 is 4.90 Å². The van der Waals surface area contributed by atoms with Crippen molar-refractivity contribution in [1.82, 2.24) is 9.80 Å². The first-order valence-corrected chi connectivity index (χ1v) is 5.08. The van der Waals surface area contributed by atoms with Crippen molar-refractivity contribution in [2.24, 2.45) is 0 Å². The predicted octanol–water partition coefficient (Wildman–Crippen LogP) is -0.120. The second kappa shape index (κ2) is 3.35. The second-order valence-electron chi connectivity index (χ2n) is 4.35. The van der Waals surface area contributed by atoms with E-state index in [9.17, 15) is 9.59 Å². The molecule has 2 aliphatic heterocycles. The molecular formula is C10H16N2O2.